The van der Waals surface area contributed by atoms with Crippen molar-refractivity contribution in [2.75, 3.05) is 11.9 Å². The highest BCUT2D eigenvalue weighted by Gasteiger charge is 2.20. The smallest absolute Gasteiger partial charge is 0.339 e. The summed E-state index contributed by atoms with van der Waals surface area (Å²) in [4.78, 5) is 23.8. The van der Waals surface area contributed by atoms with Crippen molar-refractivity contribution < 1.29 is 24.5 Å². The van der Waals surface area contributed by atoms with E-state index in [1.165, 1.54) is 12.1 Å². The molecule has 0 aromatic heterocycles. The number of carbonyl (C=O) groups excluding carboxylic acids is 1. The van der Waals surface area contributed by atoms with Crippen molar-refractivity contribution in [1.29, 1.82) is 0 Å². The normalized spacial score (nSPS) is 11.6. The van der Waals surface area contributed by atoms with Crippen molar-refractivity contribution in [3.8, 4) is 11.5 Å². The summed E-state index contributed by atoms with van der Waals surface area (Å²) in [5, 5.41) is 21.8. The van der Waals surface area contributed by atoms with Crippen molar-refractivity contribution in [3.63, 3.8) is 0 Å². The fourth-order valence-corrected chi connectivity index (χ4v) is 2.49. The van der Waals surface area contributed by atoms with Crippen LogP contribution in [0.25, 0.3) is 0 Å². The number of nitrogens with one attached hydrogen (secondary N) is 1. The highest BCUT2D eigenvalue weighted by Crippen LogP contribution is 2.33. The van der Waals surface area contributed by atoms with E-state index in [9.17, 15) is 19.8 Å². The maximum atomic E-state index is 12.5. The standard InChI is InChI=1S/C20H23NO5/c1-3-9-26-18-12-17(22)15(20(24)25)11-16(18)21-19(23)13(2)10-14-7-5-4-6-8-14/h4-8,11-13,22H,3,9-10H2,1-2H3,(H,21,23)(H,24,25). The Hall–Kier alpha value is -3.02. The van der Waals surface area contributed by atoms with Gasteiger partial charge >= 0.3 is 5.97 Å². The molecule has 26 heavy (non-hydrogen) atoms. The third-order valence-corrected chi connectivity index (χ3v) is 3.88. The number of ether oxygens (including phenoxy) is 1. The number of aromatic carboxylic acids is 1. The lowest BCUT2D eigenvalue weighted by atomic mass is 10.0. The molecule has 1 amide bonds. The molecule has 0 radical (unpaired) electrons. The summed E-state index contributed by atoms with van der Waals surface area (Å²) in [6.45, 7) is 4.10. The Morgan fingerprint density at radius 3 is 2.50 bits per heavy atom. The van der Waals surface area contributed by atoms with Crippen molar-refractivity contribution in [2.24, 2.45) is 5.92 Å². The second-order valence-electron chi connectivity index (χ2n) is 6.10. The maximum Gasteiger partial charge on any atom is 0.339 e. The van der Waals surface area contributed by atoms with E-state index < -0.39 is 11.7 Å². The molecule has 3 N–H and O–H groups in total. The number of rotatable bonds is 8. The number of hydrogen-bond acceptors (Lipinski definition) is 4. The molecule has 2 aromatic rings. The zero-order chi connectivity index (χ0) is 19.1. The molecular weight excluding hydrogens is 334 g/mol. The van der Waals surface area contributed by atoms with Gasteiger partial charge in [0.05, 0.1) is 12.3 Å². The average Bonchev–Trinajstić information content (AvgIpc) is 2.62. The molecule has 0 heterocycles. The van der Waals surface area contributed by atoms with Gasteiger partial charge in [-0.15, -0.1) is 0 Å². The molecule has 0 saturated carbocycles. The molecule has 2 rings (SSSR count). The van der Waals surface area contributed by atoms with Gasteiger partial charge in [0.25, 0.3) is 0 Å². The van der Waals surface area contributed by atoms with Crippen LogP contribution in [0.15, 0.2) is 42.5 Å². The minimum atomic E-state index is -1.28. The Balaban J connectivity index is 2.20. The summed E-state index contributed by atoms with van der Waals surface area (Å²) in [7, 11) is 0. The Kier molecular flexibility index (Phi) is 6.60. The highest BCUT2D eigenvalue weighted by atomic mass is 16.5. The van der Waals surface area contributed by atoms with Gasteiger partial charge in [-0.05, 0) is 24.5 Å². The van der Waals surface area contributed by atoms with Gasteiger partial charge in [-0.3, -0.25) is 4.79 Å². The van der Waals surface area contributed by atoms with Gasteiger partial charge < -0.3 is 20.3 Å². The van der Waals surface area contributed by atoms with Crippen LogP contribution in [0, 0.1) is 5.92 Å². The molecule has 0 aliphatic rings. The first kappa shape index (κ1) is 19.3. The Morgan fingerprint density at radius 1 is 1.19 bits per heavy atom. The molecule has 0 aliphatic carbocycles. The van der Waals surface area contributed by atoms with Crippen molar-refractivity contribution in [1.82, 2.24) is 0 Å². The number of carboxylic acids is 1. The van der Waals surface area contributed by atoms with E-state index >= 15 is 0 Å². The van der Waals surface area contributed by atoms with E-state index in [0.717, 1.165) is 12.0 Å². The lowest BCUT2D eigenvalue weighted by Gasteiger charge is -2.16. The summed E-state index contributed by atoms with van der Waals surface area (Å²) in [6.07, 6.45) is 1.29. The van der Waals surface area contributed by atoms with Crippen LogP contribution in [0.4, 0.5) is 5.69 Å². The first-order valence-corrected chi connectivity index (χ1v) is 8.50. The number of amides is 1. The molecule has 1 unspecified atom stereocenters. The molecule has 2 aromatic carbocycles. The van der Waals surface area contributed by atoms with E-state index in [1.807, 2.05) is 37.3 Å². The Morgan fingerprint density at radius 2 is 1.88 bits per heavy atom. The van der Waals surface area contributed by atoms with Crippen LogP contribution in [0.5, 0.6) is 11.5 Å². The molecule has 6 heteroatoms. The van der Waals surface area contributed by atoms with Crippen LogP contribution in [0.1, 0.15) is 36.2 Å². The van der Waals surface area contributed by atoms with Gasteiger partial charge in [-0.1, -0.05) is 44.2 Å². The molecule has 6 nitrogen and oxygen atoms in total. The van der Waals surface area contributed by atoms with E-state index in [-0.39, 0.29) is 28.8 Å². The van der Waals surface area contributed by atoms with Crippen LogP contribution in [-0.4, -0.2) is 28.7 Å². The summed E-state index contributed by atoms with van der Waals surface area (Å²) >= 11 is 0. The van der Waals surface area contributed by atoms with Crippen molar-refractivity contribution in [2.45, 2.75) is 26.7 Å². The van der Waals surface area contributed by atoms with Crippen LogP contribution < -0.4 is 10.1 Å². The van der Waals surface area contributed by atoms with Crippen LogP contribution in [0.2, 0.25) is 0 Å². The number of phenols is 1. The third-order valence-electron chi connectivity index (χ3n) is 3.88. The Bertz CT molecular complexity index is 773. The van der Waals surface area contributed by atoms with Gasteiger partial charge in [0.1, 0.15) is 17.1 Å². The van der Waals surface area contributed by atoms with E-state index in [0.29, 0.717) is 13.0 Å². The number of aromatic hydroxyl groups is 1. The predicted octanol–water partition coefficient (Wildman–Crippen LogP) is 3.70. The van der Waals surface area contributed by atoms with Gasteiger partial charge in [-0.25, -0.2) is 4.79 Å². The molecule has 1 atom stereocenters. The molecular formula is C20H23NO5. The van der Waals surface area contributed by atoms with Crippen LogP contribution in [0.3, 0.4) is 0 Å². The molecule has 0 spiro atoms. The minimum Gasteiger partial charge on any atom is -0.507 e. The van der Waals surface area contributed by atoms with Gasteiger partial charge in [0, 0.05) is 12.0 Å². The second kappa shape index (κ2) is 8.89. The Labute approximate surface area is 152 Å². The summed E-state index contributed by atoms with van der Waals surface area (Å²) in [5.74, 6) is -2.01. The fourth-order valence-electron chi connectivity index (χ4n) is 2.49. The number of carboxylic acid groups (broad SMARTS) is 1. The van der Waals surface area contributed by atoms with E-state index in [4.69, 9.17) is 4.74 Å². The minimum absolute atomic E-state index is 0.235. The largest absolute Gasteiger partial charge is 0.507 e. The second-order valence-corrected chi connectivity index (χ2v) is 6.10. The number of anilines is 1. The monoisotopic (exact) mass is 357 g/mol. The molecule has 0 aliphatic heterocycles. The predicted molar refractivity (Wildman–Crippen MR) is 98.8 cm³/mol. The number of carbonyl (C=O) groups is 2. The first-order chi connectivity index (χ1) is 12.4. The molecule has 0 bridgehead atoms. The zero-order valence-corrected chi connectivity index (χ0v) is 14.9. The zero-order valence-electron chi connectivity index (χ0n) is 14.9. The van der Waals surface area contributed by atoms with Crippen LogP contribution >= 0.6 is 0 Å². The van der Waals surface area contributed by atoms with Gasteiger partial charge in [0.15, 0.2) is 0 Å². The van der Waals surface area contributed by atoms with Gasteiger partial charge in [0.2, 0.25) is 5.91 Å². The number of benzene rings is 2. The van der Waals surface area contributed by atoms with Gasteiger partial charge in [-0.2, -0.15) is 0 Å². The lowest BCUT2D eigenvalue weighted by Crippen LogP contribution is -2.22. The summed E-state index contributed by atoms with van der Waals surface area (Å²) in [6, 6.07) is 12.1. The summed E-state index contributed by atoms with van der Waals surface area (Å²) < 4.78 is 5.53. The third kappa shape index (κ3) is 4.99. The van der Waals surface area contributed by atoms with E-state index in [2.05, 4.69) is 5.32 Å². The molecule has 0 fully saturated rings. The summed E-state index contributed by atoms with van der Waals surface area (Å²) in [5.41, 5.74) is 0.980. The quantitative estimate of drug-likeness (QED) is 0.626. The fraction of sp³-hybridized carbons (Fsp3) is 0.300. The SMILES string of the molecule is CCCOc1cc(O)c(C(=O)O)cc1NC(=O)C(C)Cc1ccccc1. The molecule has 0 saturated heterocycles. The topological polar surface area (TPSA) is 95.9 Å². The average molecular weight is 357 g/mol. The maximum absolute atomic E-state index is 12.5. The number of hydrogen-bond donors (Lipinski definition) is 3. The van der Waals surface area contributed by atoms with E-state index in [1.54, 1.807) is 6.92 Å². The first-order valence-electron chi connectivity index (χ1n) is 8.50. The van der Waals surface area contributed by atoms with Crippen molar-refractivity contribution in [3.05, 3.63) is 53.6 Å². The lowest BCUT2D eigenvalue weighted by molar-refractivity contribution is -0.119. The van der Waals surface area contributed by atoms with Crippen LogP contribution in [-0.2, 0) is 11.2 Å². The highest BCUT2D eigenvalue weighted by molar-refractivity contribution is 5.98. The molecule has 138 valence electrons. The van der Waals surface area contributed by atoms with Crippen molar-refractivity contribution >= 4 is 17.6 Å².